The predicted octanol–water partition coefficient (Wildman–Crippen LogP) is 3.75. The number of carbonyl (C=O) groups excluding carboxylic acids is 1. The fourth-order valence-electron chi connectivity index (χ4n) is 2.02. The Morgan fingerprint density at radius 3 is 2.55 bits per heavy atom. The molecule has 1 aromatic rings. The number of aliphatic hydroxyl groups excluding tert-OH is 1. The Morgan fingerprint density at radius 1 is 1.36 bits per heavy atom. The highest BCUT2D eigenvalue weighted by molar-refractivity contribution is 7.99. The molecule has 3 nitrogen and oxygen atoms in total. The van der Waals surface area contributed by atoms with E-state index in [1.165, 1.54) is 0 Å². The van der Waals surface area contributed by atoms with E-state index in [9.17, 15) is 4.79 Å². The molecule has 0 aliphatic heterocycles. The summed E-state index contributed by atoms with van der Waals surface area (Å²) in [5, 5.41) is 12.1. The molecule has 1 rings (SSSR count). The van der Waals surface area contributed by atoms with Crippen LogP contribution in [-0.4, -0.2) is 30.3 Å². The van der Waals surface area contributed by atoms with Crippen LogP contribution in [0.2, 0.25) is 0 Å². The minimum atomic E-state index is 0.0127. The molecule has 0 aliphatic carbocycles. The summed E-state index contributed by atoms with van der Waals surface area (Å²) in [6, 6.07) is 8.00. The van der Waals surface area contributed by atoms with Crippen molar-refractivity contribution in [1.82, 2.24) is 0 Å². The molecule has 1 atom stereocenters. The van der Waals surface area contributed by atoms with Crippen LogP contribution in [0.3, 0.4) is 0 Å². The monoisotopic (exact) mass is 317 g/mol. The van der Waals surface area contributed by atoms with Crippen molar-refractivity contribution in [2.45, 2.75) is 11.7 Å². The van der Waals surface area contributed by atoms with E-state index in [2.05, 4.69) is 18.5 Å². The lowest BCUT2D eigenvalue weighted by Crippen LogP contribution is -2.08. The summed E-state index contributed by atoms with van der Waals surface area (Å²) < 4.78 is 0. The van der Waals surface area contributed by atoms with Gasteiger partial charge in [-0.05, 0) is 17.7 Å². The Labute approximate surface area is 136 Å². The summed E-state index contributed by atoms with van der Waals surface area (Å²) in [5.74, 6) is 0.628. The first-order valence-electron chi connectivity index (χ1n) is 7.14. The van der Waals surface area contributed by atoms with E-state index in [0.717, 1.165) is 11.3 Å². The number of benzene rings is 1. The maximum Gasteiger partial charge on any atom is 0.164 e. The third-order valence-electron chi connectivity index (χ3n) is 3.19. The van der Waals surface area contributed by atoms with Crippen molar-refractivity contribution in [3.05, 3.63) is 66.8 Å². The molecule has 0 spiro atoms. The summed E-state index contributed by atoms with van der Waals surface area (Å²) in [4.78, 5) is 12.4. The van der Waals surface area contributed by atoms with E-state index in [1.54, 1.807) is 30.0 Å². The van der Waals surface area contributed by atoms with Crippen molar-refractivity contribution >= 4 is 23.2 Å². The Hall–Kier alpha value is -1.78. The average Bonchev–Trinajstić information content (AvgIpc) is 2.56. The molecule has 0 aromatic heterocycles. The number of hydrogen-bond donors (Lipinski definition) is 2. The van der Waals surface area contributed by atoms with E-state index in [4.69, 9.17) is 5.11 Å². The fraction of sp³-hybridized carbons (Fsp3) is 0.278. The molecule has 0 saturated carbocycles. The van der Waals surface area contributed by atoms with Gasteiger partial charge in [0, 0.05) is 35.7 Å². The molecule has 0 heterocycles. The van der Waals surface area contributed by atoms with Crippen LogP contribution in [0.25, 0.3) is 0 Å². The number of hydrogen-bond acceptors (Lipinski definition) is 4. The number of nitrogens with one attached hydrogen (secondary N) is 1. The van der Waals surface area contributed by atoms with Gasteiger partial charge in [-0.2, -0.15) is 11.8 Å². The third kappa shape index (κ3) is 5.54. The van der Waals surface area contributed by atoms with Crippen LogP contribution in [0.4, 0.5) is 5.69 Å². The molecule has 1 unspecified atom stereocenters. The van der Waals surface area contributed by atoms with E-state index >= 15 is 0 Å². The molecule has 0 radical (unpaired) electrons. The zero-order chi connectivity index (χ0) is 16.4. The summed E-state index contributed by atoms with van der Waals surface area (Å²) in [6.07, 6.45) is 5.19. The van der Waals surface area contributed by atoms with Crippen LogP contribution in [0.15, 0.2) is 61.2 Å². The van der Waals surface area contributed by atoms with Crippen LogP contribution in [0.5, 0.6) is 0 Å². The summed E-state index contributed by atoms with van der Waals surface area (Å²) in [5.41, 5.74) is 2.67. The van der Waals surface area contributed by atoms with Gasteiger partial charge in [-0.25, -0.2) is 0 Å². The van der Waals surface area contributed by atoms with Gasteiger partial charge >= 0.3 is 0 Å². The Morgan fingerprint density at radius 2 is 2.05 bits per heavy atom. The number of rotatable bonds is 10. The quantitative estimate of drug-likeness (QED) is 0.510. The zero-order valence-corrected chi connectivity index (χ0v) is 13.7. The molecule has 0 aliphatic rings. The van der Waals surface area contributed by atoms with Gasteiger partial charge in [0.15, 0.2) is 5.78 Å². The number of anilines is 1. The van der Waals surface area contributed by atoms with Crippen molar-refractivity contribution in [3.63, 3.8) is 0 Å². The summed E-state index contributed by atoms with van der Waals surface area (Å²) in [7, 11) is 1.87. The minimum Gasteiger partial charge on any atom is -0.396 e. The van der Waals surface area contributed by atoms with Gasteiger partial charge in [0.05, 0.1) is 6.61 Å². The number of aliphatic hydroxyl groups is 1. The van der Waals surface area contributed by atoms with E-state index in [1.807, 2.05) is 31.3 Å². The average molecular weight is 317 g/mol. The lowest BCUT2D eigenvalue weighted by atomic mass is 10.0. The molecule has 0 saturated heterocycles. The van der Waals surface area contributed by atoms with Crippen LogP contribution in [-0.2, 0) is 4.79 Å². The van der Waals surface area contributed by atoms with Gasteiger partial charge in [0.25, 0.3) is 0 Å². The maximum absolute atomic E-state index is 12.4. The highest BCUT2D eigenvalue weighted by Crippen LogP contribution is 2.33. The maximum atomic E-state index is 12.4. The topological polar surface area (TPSA) is 49.3 Å². The molecule has 4 heteroatoms. The zero-order valence-electron chi connectivity index (χ0n) is 12.9. The van der Waals surface area contributed by atoms with Gasteiger partial charge < -0.3 is 10.4 Å². The Kier molecular flexibility index (Phi) is 8.33. The van der Waals surface area contributed by atoms with Crippen LogP contribution in [0, 0.1) is 0 Å². The fourth-order valence-corrected chi connectivity index (χ4v) is 3.03. The Balaban J connectivity index is 2.91. The predicted molar refractivity (Wildman–Crippen MR) is 96.4 cm³/mol. The summed E-state index contributed by atoms with van der Waals surface area (Å²) >= 11 is 1.58. The third-order valence-corrected chi connectivity index (χ3v) is 4.45. The van der Waals surface area contributed by atoms with E-state index < -0.39 is 0 Å². The first-order chi connectivity index (χ1) is 10.7. The molecule has 0 bridgehead atoms. The number of carbonyl (C=O) groups is 1. The molecule has 22 heavy (non-hydrogen) atoms. The van der Waals surface area contributed by atoms with Gasteiger partial charge in [0.1, 0.15) is 0 Å². The van der Waals surface area contributed by atoms with Crippen LogP contribution >= 0.6 is 11.8 Å². The van der Waals surface area contributed by atoms with Crippen molar-refractivity contribution in [3.8, 4) is 0 Å². The SMILES string of the molecule is C=C/C=C(\C=C)C(=O)CC(SCCO)c1ccc(NC)cc1. The number of Topliss-reactive ketones (excluding diaryl/α,β-unsaturated/α-hetero) is 1. The number of allylic oxidation sites excluding steroid dienone is 4. The van der Waals surface area contributed by atoms with Crippen LogP contribution < -0.4 is 5.32 Å². The second-order valence-electron chi connectivity index (χ2n) is 4.64. The first kappa shape index (κ1) is 18.3. The molecule has 1 aromatic carbocycles. The molecule has 0 amide bonds. The van der Waals surface area contributed by atoms with E-state index in [0.29, 0.717) is 17.7 Å². The second-order valence-corrected chi connectivity index (χ2v) is 5.95. The van der Waals surface area contributed by atoms with Crippen molar-refractivity contribution in [1.29, 1.82) is 0 Å². The van der Waals surface area contributed by atoms with Gasteiger partial charge in [-0.15, -0.1) is 0 Å². The van der Waals surface area contributed by atoms with Gasteiger partial charge in [-0.1, -0.05) is 43.5 Å². The van der Waals surface area contributed by atoms with Crippen molar-refractivity contribution < 1.29 is 9.90 Å². The van der Waals surface area contributed by atoms with Gasteiger partial charge in [-0.3, -0.25) is 4.79 Å². The minimum absolute atomic E-state index is 0.0127. The smallest absolute Gasteiger partial charge is 0.164 e. The summed E-state index contributed by atoms with van der Waals surface area (Å²) in [6.45, 7) is 7.39. The van der Waals surface area contributed by atoms with Gasteiger partial charge in [0.2, 0.25) is 0 Å². The largest absolute Gasteiger partial charge is 0.396 e. The van der Waals surface area contributed by atoms with Crippen LogP contribution in [0.1, 0.15) is 17.2 Å². The highest BCUT2D eigenvalue weighted by atomic mass is 32.2. The van der Waals surface area contributed by atoms with Crippen molar-refractivity contribution in [2.75, 3.05) is 24.7 Å². The molecular weight excluding hydrogens is 294 g/mol. The molecule has 2 N–H and O–H groups in total. The number of ketones is 1. The molecular formula is C18H23NO2S. The standard InChI is InChI=1S/C18H23NO2S/c1-4-6-14(5-2)17(21)13-18(22-12-11-20)15-7-9-16(19-3)10-8-15/h4-10,18-20H,1-2,11-13H2,3H3/b14-6+. The second kappa shape index (κ2) is 10.0. The first-order valence-corrected chi connectivity index (χ1v) is 8.19. The van der Waals surface area contributed by atoms with E-state index in [-0.39, 0.29) is 17.6 Å². The Bertz CT molecular complexity index is 535. The normalized spacial score (nSPS) is 12.5. The lowest BCUT2D eigenvalue weighted by Gasteiger charge is -2.17. The lowest BCUT2D eigenvalue weighted by molar-refractivity contribution is -0.115. The molecule has 0 fully saturated rings. The number of thioether (sulfide) groups is 1. The van der Waals surface area contributed by atoms with Crippen molar-refractivity contribution in [2.24, 2.45) is 0 Å². The highest BCUT2D eigenvalue weighted by Gasteiger charge is 2.18. The molecule has 118 valence electrons.